The minimum absolute atomic E-state index is 0.112. The average molecular weight is 477 g/mol. The normalized spacial score (nSPS) is 13.9. The lowest BCUT2D eigenvalue weighted by atomic mass is 9.99. The van der Waals surface area contributed by atoms with Crippen LogP contribution >= 0.6 is 0 Å². The zero-order valence-electron chi connectivity index (χ0n) is 18.2. The number of benzene rings is 1. The summed E-state index contributed by atoms with van der Waals surface area (Å²) in [7, 11) is 0. The number of carbonyl (C=O) groups is 1. The highest BCUT2D eigenvalue weighted by Crippen LogP contribution is 2.33. The second-order valence-corrected chi connectivity index (χ2v) is 8.32. The summed E-state index contributed by atoms with van der Waals surface area (Å²) in [6, 6.07) is 8.16. The van der Waals surface area contributed by atoms with E-state index in [9.17, 15) is 18.0 Å². The lowest BCUT2D eigenvalue weighted by Crippen LogP contribution is -2.33. The maximum Gasteiger partial charge on any atom is 0.417 e. The Morgan fingerprint density at radius 3 is 2.80 bits per heavy atom. The fourth-order valence-corrected chi connectivity index (χ4v) is 4.33. The lowest BCUT2D eigenvalue weighted by Gasteiger charge is -2.28. The standard InChI is InChI=1S/C24H18F3N7O/c25-24(26,27)17-4-2-1-3-16(17)22(35)14-7-19(29-9-14)23-31-18-8-21(30-11-20(18)32-23)33-5-6-34-13-28-10-15(34)12-33/h1-4,7-11,13,29H,5-6,12H2,(H,31,32). The molecule has 8 nitrogen and oxygen atoms in total. The molecule has 0 fully saturated rings. The zero-order valence-corrected chi connectivity index (χ0v) is 18.2. The second kappa shape index (κ2) is 7.83. The van der Waals surface area contributed by atoms with Crippen LogP contribution in [0.15, 0.2) is 61.3 Å². The molecule has 0 spiro atoms. The van der Waals surface area contributed by atoms with Gasteiger partial charge < -0.3 is 19.4 Å². The Morgan fingerprint density at radius 2 is 1.94 bits per heavy atom. The molecule has 2 N–H and O–H groups in total. The minimum Gasteiger partial charge on any atom is -0.358 e. The summed E-state index contributed by atoms with van der Waals surface area (Å²) in [4.78, 5) is 34.4. The van der Waals surface area contributed by atoms with Crippen LogP contribution < -0.4 is 4.90 Å². The molecule has 4 aromatic heterocycles. The number of anilines is 1. The van der Waals surface area contributed by atoms with Crippen LogP contribution in [-0.4, -0.2) is 41.8 Å². The molecule has 0 bridgehead atoms. The molecule has 0 unspecified atom stereocenters. The molecule has 0 saturated carbocycles. The first-order chi connectivity index (χ1) is 16.9. The van der Waals surface area contributed by atoms with Crippen LogP contribution in [0.25, 0.3) is 22.6 Å². The number of nitrogens with one attached hydrogen (secondary N) is 2. The summed E-state index contributed by atoms with van der Waals surface area (Å²) in [5.41, 5.74) is 1.74. The van der Waals surface area contributed by atoms with E-state index >= 15 is 0 Å². The van der Waals surface area contributed by atoms with Crippen molar-refractivity contribution in [2.75, 3.05) is 11.4 Å². The van der Waals surface area contributed by atoms with Crippen molar-refractivity contribution in [2.45, 2.75) is 19.3 Å². The van der Waals surface area contributed by atoms with Gasteiger partial charge in [-0.2, -0.15) is 13.2 Å². The topological polar surface area (TPSA) is 95.5 Å². The van der Waals surface area contributed by atoms with Crippen molar-refractivity contribution in [3.05, 3.63) is 83.7 Å². The van der Waals surface area contributed by atoms with Gasteiger partial charge >= 0.3 is 6.18 Å². The molecule has 6 rings (SSSR count). The van der Waals surface area contributed by atoms with Gasteiger partial charge in [-0.3, -0.25) is 4.79 Å². The molecule has 0 atom stereocenters. The summed E-state index contributed by atoms with van der Waals surface area (Å²) in [6.45, 7) is 2.31. The quantitative estimate of drug-likeness (QED) is 0.374. The van der Waals surface area contributed by atoms with Crippen molar-refractivity contribution >= 4 is 22.6 Å². The first-order valence-corrected chi connectivity index (χ1v) is 10.9. The Morgan fingerprint density at radius 1 is 1.09 bits per heavy atom. The minimum atomic E-state index is -4.62. The van der Waals surface area contributed by atoms with E-state index in [2.05, 4.69) is 34.4 Å². The second-order valence-electron chi connectivity index (χ2n) is 8.32. The largest absolute Gasteiger partial charge is 0.417 e. The van der Waals surface area contributed by atoms with E-state index in [-0.39, 0.29) is 5.56 Å². The van der Waals surface area contributed by atoms with Gasteiger partial charge in [0, 0.05) is 42.7 Å². The molecular formula is C24H18F3N7O. The van der Waals surface area contributed by atoms with Gasteiger partial charge in [0.1, 0.15) is 11.3 Å². The number of carbonyl (C=O) groups excluding carboxylic acids is 1. The number of nitrogens with zero attached hydrogens (tertiary/aromatic N) is 5. The molecule has 35 heavy (non-hydrogen) atoms. The molecular weight excluding hydrogens is 459 g/mol. The highest BCUT2D eigenvalue weighted by atomic mass is 19.4. The maximum atomic E-state index is 13.3. The molecule has 0 aliphatic carbocycles. The van der Waals surface area contributed by atoms with E-state index in [1.165, 1.54) is 30.5 Å². The Hall–Kier alpha value is -4.41. The van der Waals surface area contributed by atoms with Gasteiger partial charge in [-0.1, -0.05) is 18.2 Å². The van der Waals surface area contributed by atoms with Gasteiger partial charge in [0.05, 0.1) is 41.5 Å². The average Bonchev–Trinajstić information content (AvgIpc) is 3.61. The highest BCUT2D eigenvalue weighted by molar-refractivity contribution is 6.10. The van der Waals surface area contributed by atoms with Crippen LogP contribution in [0.2, 0.25) is 0 Å². The predicted octanol–water partition coefficient (Wildman–Crippen LogP) is 4.42. The van der Waals surface area contributed by atoms with Gasteiger partial charge in [0.15, 0.2) is 11.6 Å². The number of H-pyrrole nitrogens is 2. The van der Waals surface area contributed by atoms with Gasteiger partial charge in [0.2, 0.25) is 0 Å². The van der Waals surface area contributed by atoms with Crippen molar-refractivity contribution < 1.29 is 18.0 Å². The van der Waals surface area contributed by atoms with Crippen LogP contribution in [0.3, 0.4) is 0 Å². The summed E-state index contributed by atoms with van der Waals surface area (Å²) in [6.07, 6.45) is 2.10. The SMILES string of the molecule is O=C(c1c[nH]c(-c2nc3cnc(N4CCn5cncc5C4)cc3[nH]2)c1)c1ccccc1C(F)(F)F. The Bertz CT molecular complexity index is 1560. The molecule has 0 amide bonds. The number of aromatic amines is 2. The number of rotatable bonds is 4. The van der Waals surface area contributed by atoms with E-state index in [0.29, 0.717) is 23.6 Å². The van der Waals surface area contributed by atoms with Crippen LogP contribution in [0, 0.1) is 0 Å². The third-order valence-corrected chi connectivity index (χ3v) is 6.12. The van der Waals surface area contributed by atoms with Gasteiger partial charge in [0.25, 0.3) is 0 Å². The van der Waals surface area contributed by atoms with Crippen LogP contribution in [0.1, 0.15) is 27.2 Å². The number of hydrogen-bond acceptors (Lipinski definition) is 5. The van der Waals surface area contributed by atoms with Gasteiger partial charge in [-0.25, -0.2) is 15.0 Å². The monoisotopic (exact) mass is 477 g/mol. The van der Waals surface area contributed by atoms with Crippen molar-refractivity contribution in [3.63, 3.8) is 0 Å². The number of ketones is 1. The lowest BCUT2D eigenvalue weighted by molar-refractivity contribution is -0.137. The summed E-state index contributed by atoms with van der Waals surface area (Å²) in [5.74, 6) is 0.537. The van der Waals surface area contributed by atoms with E-state index in [1.54, 1.807) is 6.20 Å². The maximum absolute atomic E-state index is 13.3. The Balaban J connectivity index is 1.28. The van der Waals surface area contributed by atoms with Crippen LogP contribution in [-0.2, 0) is 19.3 Å². The number of pyridine rings is 1. The molecule has 5 heterocycles. The molecule has 0 radical (unpaired) electrons. The fraction of sp³-hybridized carbons (Fsp3) is 0.167. The van der Waals surface area contributed by atoms with E-state index < -0.39 is 23.1 Å². The molecule has 176 valence electrons. The smallest absolute Gasteiger partial charge is 0.358 e. The zero-order chi connectivity index (χ0) is 24.2. The molecule has 1 aromatic carbocycles. The number of alkyl halides is 3. The highest BCUT2D eigenvalue weighted by Gasteiger charge is 2.35. The van der Waals surface area contributed by atoms with Gasteiger partial charge in [-0.05, 0) is 12.1 Å². The number of hydrogen-bond donors (Lipinski definition) is 2. The molecule has 0 saturated heterocycles. The van der Waals surface area contributed by atoms with Crippen molar-refractivity contribution in [2.24, 2.45) is 0 Å². The summed E-state index contributed by atoms with van der Waals surface area (Å²) < 4.78 is 42.2. The van der Waals surface area contributed by atoms with E-state index in [0.717, 1.165) is 36.2 Å². The number of aromatic nitrogens is 6. The van der Waals surface area contributed by atoms with Crippen LogP contribution in [0.5, 0.6) is 0 Å². The van der Waals surface area contributed by atoms with Crippen molar-refractivity contribution in [1.82, 2.24) is 29.5 Å². The third-order valence-electron chi connectivity index (χ3n) is 6.12. The number of halogens is 3. The molecule has 5 aromatic rings. The summed E-state index contributed by atoms with van der Waals surface area (Å²) >= 11 is 0. The molecule has 1 aliphatic heterocycles. The third kappa shape index (κ3) is 3.74. The van der Waals surface area contributed by atoms with Crippen molar-refractivity contribution in [1.29, 1.82) is 0 Å². The molecule has 1 aliphatic rings. The molecule has 11 heteroatoms. The summed E-state index contributed by atoms with van der Waals surface area (Å²) in [5, 5.41) is 0. The Kier molecular flexibility index (Phi) is 4.73. The van der Waals surface area contributed by atoms with Crippen molar-refractivity contribution in [3.8, 4) is 11.5 Å². The van der Waals surface area contributed by atoms with Crippen LogP contribution in [0.4, 0.5) is 19.0 Å². The predicted molar refractivity (Wildman–Crippen MR) is 122 cm³/mol. The van der Waals surface area contributed by atoms with E-state index in [1.807, 2.05) is 18.6 Å². The fourth-order valence-electron chi connectivity index (χ4n) is 4.33. The number of fused-ring (bicyclic) bond motifs is 2. The Labute approximate surface area is 196 Å². The number of imidazole rings is 2. The first kappa shape index (κ1) is 21.1. The first-order valence-electron chi connectivity index (χ1n) is 10.9. The van der Waals surface area contributed by atoms with E-state index in [4.69, 9.17) is 0 Å². The van der Waals surface area contributed by atoms with Gasteiger partial charge in [-0.15, -0.1) is 0 Å².